The number of rotatable bonds is 9. The van der Waals surface area contributed by atoms with Crippen LogP contribution in [0.1, 0.15) is 37.3 Å². The minimum atomic E-state index is 0.0102. The number of carbonyl (C=O) groups excluding carboxylic acids is 1. The summed E-state index contributed by atoms with van der Waals surface area (Å²) in [6, 6.07) is 6.04. The molecule has 0 spiro atoms. The van der Waals surface area contributed by atoms with Crippen molar-refractivity contribution in [3.05, 3.63) is 29.3 Å². The largest absolute Gasteiger partial charge is 0.493 e. The summed E-state index contributed by atoms with van der Waals surface area (Å²) in [6.45, 7) is 7.31. The molecule has 0 aliphatic rings. The van der Waals surface area contributed by atoms with Gasteiger partial charge in [0.25, 0.3) is 0 Å². The second-order valence-electron chi connectivity index (χ2n) is 5.70. The molecule has 0 aromatic heterocycles. The first-order chi connectivity index (χ1) is 10.0. The Hall–Kier alpha value is -1.55. The van der Waals surface area contributed by atoms with E-state index in [-0.39, 0.29) is 12.5 Å². The molecule has 4 heteroatoms. The zero-order valence-corrected chi connectivity index (χ0v) is 13.3. The maximum atomic E-state index is 11.6. The van der Waals surface area contributed by atoms with E-state index in [9.17, 15) is 4.79 Å². The van der Waals surface area contributed by atoms with Gasteiger partial charge in [0.1, 0.15) is 5.75 Å². The van der Waals surface area contributed by atoms with E-state index in [4.69, 9.17) is 9.84 Å². The summed E-state index contributed by atoms with van der Waals surface area (Å²) in [5.74, 6) is 1.13. The van der Waals surface area contributed by atoms with Crippen LogP contribution in [-0.2, 0) is 4.79 Å². The Morgan fingerprint density at radius 3 is 2.57 bits per heavy atom. The molecular weight excluding hydrogens is 266 g/mol. The highest BCUT2D eigenvalue weighted by molar-refractivity contribution is 5.75. The molecule has 1 aromatic rings. The first-order valence-electron chi connectivity index (χ1n) is 7.60. The van der Waals surface area contributed by atoms with Crippen LogP contribution in [0.3, 0.4) is 0 Å². The molecule has 1 atom stereocenters. The van der Waals surface area contributed by atoms with Gasteiger partial charge in [0, 0.05) is 13.2 Å². The molecule has 1 aromatic carbocycles. The van der Waals surface area contributed by atoms with Crippen LogP contribution in [0.15, 0.2) is 18.2 Å². The van der Waals surface area contributed by atoms with E-state index >= 15 is 0 Å². The van der Waals surface area contributed by atoms with Crippen molar-refractivity contribution < 1.29 is 14.6 Å². The van der Waals surface area contributed by atoms with Crippen LogP contribution < -0.4 is 10.1 Å². The number of aliphatic hydroxyl groups is 1. The van der Waals surface area contributed by atoms with Gasteiger partial charge in [-0.2, -0.15) is 0 Å². The maximum Gasteiger partial charge on any atom is 0.223 e. The van der Waals surface area contributed by atoms with Crippen LogP contribution in [-0.4, -0.2) is 30.8 Å². The molecule has 21 heavy (non-hydrogen) atoms. The quantitative estimate of drug-likeness (QED) is 0.688. The highest BCUT2D eigenvalue weighted by Gasteiger charge is 2.04. The summed E-state index contributed by atoms with van der Waals surface area (Å²) >= 11 is 0. The monoisotopic (exact) mass is 293 g/mol. The number of hydrogen-bond acceptors (Lipinski definition) is 3. The first-order valence-corrected chi connectivity index (χ1v) is 7.60. The van der Waals surface area contributed by atoms with Gasteiger partial charge in [0.2, 0.25) is 5.91 Å². The smallest absolute Gasteiger partial charge is 0.223 e. The summed E-state index contributed by atoms with van der Waals surface area (Å²) in [5.41, 5.74) is 2.32. The van der Waals surface area contributed by atoms with E-state index in [2.05, 4.69) is 11.4 Å². The minimum absolute atomic E-state index is 0.0102. The summed E-state index contributed by atoms with van der Waals surface area (Å²) in [7, 11) is 0. The number of amides is 1. The first kappa shape index (κ1) is 17.5. The number of carbonyl (C=O) groups is 1. The predicted octanol–water partition coefficient (Wildman–Crippen LogP) is 2.60. The fourth-order valence-electron chi connectivity index (χ4n) is 2.14. The molecule has 1 unspecified atom stereocenters. The van der Waals surface area contributed by atoms with Crippen molar-refractivity contribution in [1.29, 1.82) is 0 Å². The van der Waals surface area contributed by atoms with Crippen LogP contribution in [0.25, 0.3) is 0 Å². The molecule has 0 fully saturated rings. The highest BCUT2D eigenvalue weighted by atomic mass is 16.5. The molecule has 1 amide bonds. The summed E-state index contributed by atoms with van der Waals surface area (Å²) in [5, 5.41) is 11.8. The van der Waals surface area contributed by atoms with Gasteiger partial charge in [-0.25, -0.2) is 0 Å². The van der Waals surface area contributed by atoms with Crippen molar-refractivity contribution in [2.45, 2.75) is 40.0 Å². The van der Waals surface area contributed by atoms with Crippen LogP contribution in [0.4, 0.5) is 0 Å². The summed E-state index contributed by atoms with van der Waals surface area (Å²) in [6.07, 6.45) is 2.18. The maximum absolute atomic E-state index is 11.6. The third kappa shape index (κ3) is 7.71. The van der Waals surface area contributed by atoms with Gasteiger partial charge in [-0.1, -0.05) is 13.0 Å². The average Bonchev–Trinajstić information content (AvgIpc) is 2.42. The molecule has 0 heterocycles. The SMILES string of the molecule is Cc1cc(C)cc(OCCC(=O)NCCCC(C)CO)c1. The van der Waals surface area contributed by atoms with Crippen molar-refractivity contribution in [2.24, 2.45) is 5.92 Å². The summed E-state index contributed by atoms with van der Waals surface area (Å²) < 4.78 is 5.61. The third-order valence-electron chi connectivity index (χ3n) is 3.30. The Labute approximate surface area is 127 Å². The molecule has 118 valence electrons. The number of benzene rings is 1. The number of hydrogen-bond donors (Lipinski definition) is 2. The molecule has 0 aliphatic heterocycles. The molecule has 0 saturated carbocycles. The normalized spacial score (nSPS) is 12.0. The van der Waals surface area contributed by atoms with E-state index in [1.54, 1.807) is 0 Å². The van der Waals surface area contributed by atoms with Gasteiger partial charge in [0.05, 0.1) is 13.0 Å². The number of aryl methyl sites for hydroxylation is 2. The van der Waals surface area contributed by atoms with E-state index in [0.717, 1.165) is 29.7 Å². The Morgan fingerprint density at radius 2 is 1.95 bits per heavy atom. The van der Waals surface area contributed by atoms with Crippen molar-refractivity contribution >= 4 is 5.91 Å². The molecule has 4 nitrogen and oxygen atoms in total. The van der Waals surface area contributed by atoms with E-state index < -0.39 is 0 Å². The van der Waals surface area contributed by atoms with E-state index in [1.807, 2.05) is 32.9 Å². The van der Waals surface area contributed by atoms with Gasteiger partial charge in [0.15, 0.2) is 0 Å². The van der Waals surface area contributed by atoms with Crippen molar-refractivity contribution in [3.63, 3.8) is 0 Å². The minimum Gasteiger partial charge on any atom is -0.493 e. The Balaban J connectivity index is 2.15. The topological polar surface area (TPSA) is 58.6 Å². The van der Waals surface area contributed by atoms with E-state index in [1.165, 1.54) is 0 Å². The Kier molecular flexibility index (Phi) is 7.83. The zero-order valence-electron chi connectivity index (χ0n) is 13.3. The molecule has 1 rings (SSSR count). The lowest BCUT2D eigenvalue weighted by Crippen LogP contribution is -2.26. The van der Waals surface area contributed by atoms with Gasteiger partial charge in [-0.05, 0) is 55.9 Å². The van der Waals surface area contributed by atoms with Crippen molar-refractivity contribution in [1.82, 2.24) is 5.32 Å². The van der Waals surface area contributed by atoms with Gasteiger partial charge in [-0.3, -0.25) is 4.79 Å². The predicted molar refractivity (Wildman–Crippen MR) is 84.5 cm³/mol. The second-order valence-corrected chi connectivity index (χ2v) is 5.70. The molecule has 0 saturated heterocycles. The zero-order chi connectivity index (χ0) is 15.7. The fraction of sp³-hybridized carbons (Fsp3) is 0.588. The summed E-state index contributed by atoms with van der Waals surface area (Å²) in [4.78, 5) is 11.6. The number of ether oxygens (including phenoxy) is 1. The Morgan fingerprint density at radius 1 is 1.29 bits per heavy atom. The molecule has 0 aliphatic carbocycles. The second kappa shape index (κ2) is 9.40. The lowest BCUT2D eigenvalue weighted by molar-refractivity contribution is -0.121. The lowest BCUT2D eigenvalue weighted by Gasteiger charge is -2.10. The molecule has 2 N–H and O–H groups in total. The number of nitrogens with one attached hydrogen (secondary N) is 1. The van der Waals surface area contributed by atoms with Crippen LogP contribution in [0.5, 0.6) is 5.75 Å². The lowest BCUT2D eigenvalue weighted by atomic mass is 10.1. The third-order valence-corrected chi connectivity index (χ3v) is 3.30. The Bertz CT molecular complexity index is 425. The van der Waals surface area contributed by atoms with Crippen LogP contribution in [0.2, 0.25) is 0 Å². The van der Waals surface area contributed by atoms with Gasteiger partial charge in [-0.15, -0.1) is 0 Å². The molecule has 0 bridgehead atoms. The fourth-order valence-corrected chi connectivity index (χ4v) is 2.14. The van der Waals surface area contributed by atoms with Gasteiger partial charge >= 0.3 is 0 Å². The molecular formula is C17H27NO3. The standard InChI is InChI=1S/C17H27NO3/c1-13(12-19)5-4-7-18-17(20)6-8-21-16-10-14(2)9-15(3)11-16/h9-11,13,19H,4-8,12H2,1-3H3,(H,18,20). The average molecular weight is 293 g/mol. The molecule has 0 radical (unpaired) electrons. The van der Waals surface area contributed by atoms with E-state index in [0.29, 0.717) is 25.5 Å². The van der Waals surface area contributed by atoms with Crippen LogP contribution >= 0.6 is 0 Å². The highest BCUT2D eigenvalue weighted by Crippen LogP contribution is 2.16. The number of aliphatic hydroxyl groups excluding tert-OH is 1. The van der Waals surface area contributed by atoms with Crippen LogP contribution in [0, 0.1) is 19.8 Å². The van der Waals surface area contributed by atoms with Crippen molar-refractivity contribution in [2.75, 3.05) is 19.8 Å². The van der Waals surface area contributed by atoms with Gasteiger partial charge < -0.3 is 15.2 Å². The van der Waals surface area contributed by atoms with Crippen molar-refractivity contribution in [3.8, 4) is 5.75 Å².